The molecule has 1 amide bonds. The topological polar surface area (TPSA) is 97.5 Å². The Bertz CT molecular complexity index is 1320. The van der Waals surface area contributed by atoms with E-state index in [1.165, 1.54) is 0 Å². The molecule has 1 saturated heterocycles. The Hall–Kier alpha value is -3.56. The number of nitrogens with zero attached hydrogens (tertiary/aromatic N) is 5. The Morgan fingerprint density at radius 1 is 1.06 bits per heavy atom. The van der Waals surface area contributed by atoms with E-state index in [4.69, 9.17) is 10.5 Å². The number of nitrogens with two attached hydrogens (primary N) is 1. The minimum absolute atomic E-state index is 0.0146. The molecule has 0 bridgehead atoms. The van der Waals surface area contributed by atoms with Crippen LogP contribution in [-0.4, -0.2) is 56.8 Å². The SMILES string of the molecule is Cc1nc(COc2cccc(C(=O)N3CCN(Cc4nc(N)c5ccccc5n4)CC3)c2)cs1. The maximum atomic E-state index is 13.1. The van der Waals surface area contributed by atoms with Gasteiger partial charge in [0.05, 0.1) is 22.8 Å². The van der Waals surface area contributed by atoms with Crippen molar-refractivity contribution in [1.82, 2.24) is 24.8 Å². The molecule has 2 aromatic carbocycles. The van der Waals surface area contributed by atoms with E-state index in [2.05, 4.69) is 19.9 Å². The largest absolute Gasteiger partial charge is 0.487 e. The van der Waals surface area contributed by atoms with Gasteiger partial charge in [0.2, 0.25) is 0 Å². The molecule has 0 aliphatic carbocycles. The monoisotopic (exact) mass is 474 g/mol. The Morgan fingerprint density at radius 2 is 1.88 bits per heavy atom. The lowest BCUT2D eigenvalue weighted by atomic mass is 10.1. The lowest BCUT2D eigenvalue weighted by Gasteiger charge is -2.34. The van der Waals surface area contributed by atoms with Crippen molar-refractivity contribution in [1.29, 1.82) is 0 Å². The number of piperazine rings is 1. The van der Waals surface area contributed by atoms with E-state index in [-0.39, 0.29) is 5.91 Å². The Balaban J connectivity index is 1.17. The van der Waals surface area contributed by atoms with Gasteiger partial charge in [-0.15, -0.1) is 11.3 Å². The number of hydrogen-bond donors (Lipinski definition) is 1. The van der Waals surface area contributed by atoms with Crippen molar-refractivity contribution >= 4 is 34.0 Å². The molecular weight excluding hydrogens is 448 g/mol. The quantitative estimate of drug-likeness (QED) is 0.457. The number of carbonyl (C=O) groups excluding carboxylic acids is 1. The van der Waals surface area contributed by atoms with E-state index in [0.717, 1.165) is 34.7 Å². The van der Waals surface area contributed by atoms with Crippen LogP contribution in [0.15, 0.2) is 53.9 Å². The zero-order valence-electron chi connectivity index (χ0n) is 19.0. The standard InChI is InChI=1S/C25H26N6O2S/c1-17-27-19(16-34-17)15-33-20-6-4-5-18(13-20)25(32)31-11-9-30(10-12-31)14-23-28-22-8-3-2-7-21(22)24(26)29-23/h2-8,13,16H,9-12,14-15H2,1H3,(H2,26,28,29). The van der Waals surface area contributed by atoms with Gasteiger partial charge < -0.3 is 15.4 Å². The maximum Gasteiger partial charge on any atom is 0.254 e. The molecule has 1 fully saturated rings. The second-order valence-electron chi connectivity index (χ2n) is 8.28. The van der Waals surface area contributed by atoms with Gasteiger partial charge in [-0.1, -0.05) is 18.2 Å². The lowest BCUT2D eigenvalue weighted by molar-refractivity contribution is 0.0625. The highest BCUT2D eigenvalue weighted by Crippen LogP contribution is 2.20. The highest BCUT2D eigenvalue weighted by molar-refractivity contribution is 7.09. The van der Waals surface area contributed by atoms with Gasteiger partial charge in [0.1, 0.15) is 24.0 Å². The molecule has 34 heavy (non-hydrogen) atoms. The maximum absolute atomic E-state index is 13.1. The van der Waals surface area contributed by atoms with Crippen molar-refractivity contribution in [2.24, 2.45) is 0 Å². The molecule has 0 radical (unpaired) electrons. The fourth-order valence-corrected chi connectivity index (χ4v) is 4.66. The van der Waals surface area contributed by atoms with Crippen molar-refractivity contribution in [2.75, 3.05) is 31.9 Å². The molecule has 3 heterocycles. The van der Waals surface area contributed by atoms with Crippen molar-refractivity contribution in [3.05, 3.63) is 76.0 Å². The fraction of sp³-hybridized carbons (Fsp3) is 0.280. The minimum atomic E-state index is 0.0146. The molecule has 1 aliphatic rings. The van der Waals surface area contributed by atoms with Gasteiger partial charge >= 0.3 is 0 Å². The first-order valence-electron chi connectivity index (χ1n) is 11.2. The van der Waals surface area contributed by atoms with Gasteiger partial charge in [0.25, 0.3) is 5.91 Å². The molecule has 0 spiro atoms. The van der Waals surface area contributed by atoms with Gasteiger partial charge in [0.15, 0.2) is 0 Å². The van der Waals surface area contributed by atoms with E-state index < -0.39 is 0 Å². The van der Waals surface area contributed by atoms with Crippen LogP contribution in [0.3, 0.4) is 0 Å². The van der Waals surface area contributed by atoms with E-state index in [9.17, 15) is 4.79 Å². The zero-order valence-corrected chi connectivity index (χ0v) is 19.8. The molecule has 1 aliphatic heterocycles. The predicted molar refractivity (Wildman–Crippen MR) is 133 cm³/mol. The third-order valence-corrected chi connectivity index (χ3v) is 6.66. The summed E-state index contributed by atoms with van der Waals surface area (Å²) in [5, 5.41) is 3.87. The van der Waals surface area contributed by atoms with E-state index >= 15 is 0 Å². The van der Waals surface area contributed by atoms with Crippen LogP contribution in [0.25, 0.3) is 10.9 Å². The number of amides is 1. The Morgan fingerprint density at radius 3 is 2.68 bits per heavy atom. The number of nitrogen functional groups attached to an aromatic ring is 1. The van der Waals surface area contributed by atoms with Crippen LogP contribution in [0.4, 0.5) is 5.82 Å². The highest BCUT2D eigenvalue weighted by atomic mass is 32.1. The van der Waals surface area contributed by atoms with Crippen LogP contribution in [-0.2, 0) is 13.2 Å². The van der Waals surface area contributed by atoms with Crippen molar-refractivity contribution in [3.63, 3.8) is 0 Å². The summed E-state index contributed by atoms with van der Waals surface area (Å²) in [6.07, 6.45) is 0. The summed E-state index contributed by atoms with van der Waals surface area (Å²) < 4.78 is 5.85. The first-order valence-corrected chi connectivity index (χ1v) is 12.1. The molecule has 0 saturated carbocycles. The van der Waals surface area contributed by atoms with Crippen LogP contribution in [0, 0.1) is 6.92 Å². The number of aryl methyl sites for hydroxylation is 1. The zero-order chi connectivity index (χ0) is 23.5. The number of anilines is 1. The molecule has 8 nitrogen and oxygen atoms in total. The molecule has 2 aromatic heterocycles. The van der Waals surface area contributed by atoms with Crippen LogP contribution >= 0.6 is 11.3 Å². The van der Waals surface area contributed by atoms with Crippen molar-refractivity contribution in [2.45, 2.75) is 20.1 Å². The second-order valence-corrected chi connectivity index (χ2v) is 9.35. The highest BCUT2D eigenvalue weighted by Gasteiger charge is 2.23. The van der Waals surface area contributed by atoms with Crippen molar-refractivity contribution < 1.29 is 9.53 Å². The Kier molecular flexibility index (Phi) is 6.37. The van der Waals surface area contributed by atoms with E-state index in [1.807, 2.05) is 59.7 Å². The number of benzene rings is 2. The van der Waals surface area contributed by atoms with Crippen LogP contribution in [0.1, 0.15) is 26.9 Å². The first-order chi connectivity index (χ1) is 16.5. The van der Waals surface area contributed by atoms with Crippen LogP contribution in [0.2, 0.25) is 0 Å². The molecule has 2 N–H and O–H groups in total. The molecular formula is C25H26N6O2S. The minimum Gasteiger partial charge on any atom is -0.487 e. The van der Waals surface area contributed by atoms with Gasteiger partial charge in [-0.05, 0) is 37.3 Å². The normalized spacial score (nSPS) is 14.4. The van der Waals surface area contributed by atoms with Gasteiger partial charge in [-0.25, -0.2) is 15.0 Å². The fourth-order valence-electron chi connectivity index (χ4n) is 4.06. The molecule has 9 heteroatoms. The third-order valence-electron chi connectivity index (χ3n) is 5.84. The number of para-hydroxylation sites is 1. The summed E-state index contributed by atoms with van der Waals surface area (Å²) in [4.78, 5) is 30.8. The lowest BCUT2D eigenvalue weighted by Crippen LogP contribution is -2.48. The number of fused-ring (bicyclic) bond motifs is 1. The molecule has 174 valence electrons. The van der Waals surface area contributed by atoms with Crippen molar-refractivity contribution in [3.8, 4) is 5.75 Å². The number of hydrogen-bond acceptors (Lipinski definition) is 8. The first kappa shape index (κ1) is 22.2. The van der Waals surface area contributed by atoms with E-state index in [1.54, 1.807) is 17.4 Å². The summed E-state index contributed by atoms with van der Waals surface area (Å²) in [6.45, 7) is 5.76. The average Bonchev–Trinajstić information content (AvgIpc) is 3.28. The Labute approximate surface area is 202 Å². The third kappa shape index (κ3) is 5.00. The van der Waals surface area contributed by atoms with Crippen LogP contribution < -0.4 is 10.5 Å². The molecule has 0 unspecified atom stereocenters. The summed E-state index contributed by atoms with van der Waals surface area (Å²) in [5.74, 6) is 1.89. The molecule has 0 atom stereocenters. The summed E-state index contributed by atoms with van der Waals surface area (Å²) >= 11 is 1.60. The second kappa shape index (κ2) is 9.74. The number of thiazole rings is 1. The summed E-state index contributed by atoms with van der Waals surface area (Å²) in [7, 11) is 0. The number of carbonyl (C=O) groups is 1. The van der Waals surface area contributed by atoms with Gasteiger partial charge in [0, 0.05) is 42.5 Å². The number of ether oxygens (including phenoxy) is 1. The predicted octanol–water partition coefficient (Wildman–Crippen LogP) is 3.51. The molecule has 5 rings (SSSR count). The average molecular weight is 475 g/mol. The van der Waals surface area contributed by atoms with Crippen LogP contribution in [0.5, 0.6) is 5.75 Å². The number of aromatic nitrogens is 3. The van der Waals surface area contributed by atoms with Gasteiger partial charge in [-0.3, -0.25) is 9.69 Å². The number of rotatable bonds is 6. The smallest absolute Gasteiger partial charge is 0.254 e. The summed E-state index contributed by atoms with van der Waals surface area (Å²) in [5.41, 5.74) is 8.50. The molecule has 4 aromatic rings. The van der Waals surface area contributed by atoms with Gasteiger partial charge in [-0.2, -0.15) is 0 Å². The summed E-state index contributed by atoms with van der Waals surface area (Å²) in [6, 6.07) is 15.1. The van der Waals surface area contributed by atoms with E-state index in [0.29, 0.717) is 49.2 Å².